The van der Waals surface area contributed by atoms with E-state index in [-0.39, 0.29) is 11.8 Å². The molecule has 0 spiro atoms. The highest BCUT2D eigenvalue weighted by molar-refractivity contribution is 5.95. The fourth-order valence-corrected chi connectivity index (χ4v) is 3.32. The minimum Gasteiger partial charge on any atom is -0.497 e. The average Bonchev–Trinajstić information content (AvgIpc) is 3.24. The lowest BCUT2D eigenvalue weighted by molar-refractivity contribution is -0.118. The number of carbonyl (C=O) groups excluding carboxylic acids is 2. The van der Waals surface area contributed by atoms with E-state index >= 15 is 0 Å². The second-order valence-corrected chi connectivity index (χ2v) is 7.29. The molecule has 4 rings (SSSR count). The SMILES string of the molecule is COc1ccc(-c2cccc3nc(Nc4cccc(C(=O)NCCNC(C)=O)c4)nn23)cc1. The molecule has 0 saturated carbocycles. The van der Waals surface area contributed by atoms with Gasteiger partial charge in [-0.05, 0) is 54.6 Å². The number of amides is 2. The summed E-state index contributed by atoms with van der Waals surface area (Å²) in [7, 11) is 1.63. The molecule has 2 amide bonds. The summed E-state index contributed by atoms with van der Waals surface area (Å²) >= 11 is 0. The molecule has 0 saturated heterocycles. The van der Waals surface area contributed by atoms with Crippen molar-refractivity contribution in [2.24, 2.45) is 0 Å². The first-order valence-corrected chi connectivity index (χ1v) is 10.4. The predicted octanol–water partition coefficient (Wildman–Crippen LogP) is 3.01. The van der Waals surface area contributed by atoms with Crippen molar-refractivity contribution in [3.63, 3.8) is 0 Å². The number of fused-ring (bicyclic) bond motifs is 1. The van der Waals surface area contributed by atoms with Gasteiger partial charge < -0.3 is 20.7 Å². The third-order valence-electron chi connectivity index (χ3n) is 4.91. The Labute approximate surface area is 190 Å². The van der Waals surface area contributed by atoms with Crippen molar-refractivity contribution in [2.75, 3.05) is 25.5 Å². The molecule has 2 aromatic carbocycles. The van der Waals surface area contributed by atoms with Crippen LogP contribution in [-0.2, 0) is 4.79 Å². The van der Waals surface area contributed by atoms with Crippen LogP contribution < -0.4 is 20.7 Å². The molecule has 9 nitrogen and oxygen atoms in total. The number of carbonyl (C=O) groups is 2. The number of ether oxygens (including phenoxy) is 1. The number of rotatable bonds is 8. The Bertz CT molecular complexity index is 1280. The van der Waals surface area contributed by atoms with Gasteiger partial charge in [0.25, 0.3) is 5.91 Å². The summed E-state index contributed by atoms with van der Waals surface area (Å²) < 4.78 is 7.00. The Balaban J connectivity index is 1.51. The van der Waals surface area contributed by atoms with Crippen molar-refractivity contribution < 1.29 is 14.3 Å². The van der Waals surface area contributed by atoms with Crippen LogP contribution in [0.3, 0.4) is 0 Å². The lowest BCUT2D eigenvalue weighted by atomic mass is 10.1. The quantitative estimate of drug-likeness (QED) is 0.361. The average molecular weight is 444 g/mol. The Morgan fingerprint density at radius 1 is 0.970 bits per heavy atom. The fraction of sp³-hybridized carbons (Fsp3) is 0.167. The minimum absolute atomic E-state index is 0.134. The Kier molecular flexibility index (Phi) is 6.49. The summed E-state index contributed by atoms with van der Waals surface area (Å²) in [4.78, 5) is 27.9. The van der Waals surface area contributed by atoms with Gasteiger partial charge in [0.2, 0.25) is 11.9 Å². The molecular weight excluding hydrogens is 420 g/mol. The van der Waals surface area contributed by atoms with Crippen molar-refractivity contribution >= 4 is 29.1 Å². The summed E-state index contributed by atoms with van der Waals surface area (Å²) in [5.41, 5.74) is 3.74. The van der Waals surface area contributed by atoms with Crippen LogP contribution in [0.2, 0.25) is 0 Å². The van der Waals surface area contributed by atoms with Gasteiger partial charge in [-0.3, -0.25) is 9.59 Å². The van der Waals surface area contributed by atoms with Gasteiger partial charge in [-0.15, -0.1) is 5.10 Å². The van der Waals surface area contributed by atoms with E-state index in [4.69, 9.17) is 4.74 Å². The number of hydrogen-bond acceptors (Lipinski definition) is 6. The summed E-state index contributed by atoms with van der Waals surface area (Å²) in [6.07, 6.45) is 0. The van der Waals surface area contributed by atoms with Crippen molar-refractivity contribution in [1.82, 2.24) is 25.2 Å². The van der Waals surface area contributed by atoms with E-state index in [0.29, 0.717) is 35.9 Å². The summed E-state index contributed by atoms with van der Waals surface area (Å²) in [6, 6.07) is 20.6. The largest absolute Gasteiger partial charge is 0.497 e. The molecule has 2 aromatic heterocycles. The third-order valence-corrected chi connectivity index (χ3v) is 4.91. The number of hydrogen-bond donors (Lipinski definition) is 3. The first kappa shape index (κ1) is 21.8. The van der Waals surface area contributed by atoms with Crippen molar-refractivity contribution in [3.05, 3.63) is 72.3 Å². The van der Waals surface area contributed by atoms with E-state index in [9.17, 15) is 9.59 Å². The van der Waals surface area contributed by atoms with E-state index in [0.717, 1.165) is 17.0 Å². The van der Waals surface area contributed by atoms with Gasteiger partial charge in [-0.2, -0.15) is 4.98 Å². The number of nitrogens with one attached hydrogen (secondary N) is 3. The molecule has 4 aromatic rings. The zero-order valence-electron chi connectivity index (χ0n) is 18.3. The van der Waals surface area contributed by atoms with Gasteiger partial charge in [-0.1, -0.05) is 12.1 Å². The van der Waals surface area contributed by atoms with Gasteiger partial charge in [0.05, 0.1) is 12.8 Å². The first-order chi connectivity index (χ1) is 16.0. The second-order valence-electron chi connectivity index (χ2n) is 7.29. The fourth-order valence-electron chi connectivity index (χ4n) is 3.32. The molecule has 9 heteroatoms. The Morgan fingerprint density at radius 3 is 2.48 bits per heavy atom. The van der Waals surface area contributed by atoms with Crippen LogP contribution in [0, 0.1) is 0 Å². The maximum Gasteiger partial charge on any atom is 0.251 e. The van der Waals surface area contributed by atoms with Crippen molar-refractivity contribution in [1.29, 1.82) is 0 Å². The Morgan fingerprint density at radius 2 is 1.73 bits per heavy atom. The van der Waals surface area contributed by atoms with Gasteiger partial charge in [0, 0.05) is 36.8 Å². The van der Waals surface area contributed by atoms with Gasteiger partial charge in [-0.25, -0.2) is 4.52 Å². The molecule has 33 heavy (non-hydrogen) atoms. The summed E-state index contributed by atoms with van der Waals surface area (Å²) in [5.74, 6) is 0.837. The molecule has 0 unspecified atom stereocenters. The van der Waals surface area contributed by atoms with Crippen molar-refractivity contribution in [3.8, 4) is 17.0 Å². The molecule has 0 atom stereocenters. The normalized spacial score (nSPS) is 10.6. The first-order valence-electron chi connectivity index (χ1n) is 10.4. The van der Waals surface area contributed by atoms with Crippen LogP contribution >= 0.6 is 0 Å². The van der Waals surface area contributed by atoms with E-state index in [1.54, 1.807) is 29.8 Å². The number of pyridine rings is 1. The molecule has 2 heterocycles. The molecule has 168 valence electrons. The maximum absolute atomic E-state index is 12.4. The highest BCUT2D eigenvalue weighted by atomic mass is 16.5. The molecule has 3 N–H and O–H groups in total. The zero-order chi connectivity index (χ0) is 23.2. The van der Waals surface area contributed by atoms with Crippen LogP contribution in [0.15, 0.2) is 66.7 Å². The summed E-state index contributed by atoms with van der Waals surface area (Å²) in [5, 5.41) is 13.2. The van der Waals surface area contributed by atoms with Crippen LogP contribution in [-0.4, -0.2) is 46.6 Å². The van der Waals surface area contributed by atoms with Crippen LogP contribution in [0.5, 0.6) is 5.75 Å². The number of nitrogens with zero attached hydrogens (tertiary/aromatic N) is 3. The Hall–Kier alpha value is -4.40. The van der Waals surface area contributed by atoms with Crippen LogP contribution in [0.25, 0.3) is 16.9 Å². The molecule has 0 aliphatic rings. The van der Waals surface area contributed by atoms with Gasteiger partial charge in [0.15, 0.2) is 5.65 Å². The van der Waals surface area contributed by atoms with E-state index < -0.39 is 0 Å². The monoisotopic (exact) mass is 444 g/mol. The topological polar surface area (TPSA) is 110 Å². The summed E-state index contributed by atoms with van der Waals surface area (Å²) in [6.45, 7) is 2.16. The molecule has 0 aliphatic carbocycles. The van der Waals surface area contributed by atoms with Gasteiger partial charge >= 0.3 is 0 Å². The number of aromatic nitrogens is 3. The molecule has 0 fully saturated rings. The van der Waals surface area contributed by atoms with Gasteiger partial charge in [0.1, 0.15) is 5.75 Å². The highest BCUT2D eigenvalue weighted by Crippen LogP contribution is 2.24. The van der Waals surface area contributed by atoms with Crippen molar-refractivity contribution in [2.45, 2.75) is 6.92 Å². The maximum atomic E-state index is 12.4. The smallest absolute Gasteiger partial charge is 0.251 e. The second kappa shape index (κ2) is 9.82. The van der Waals surface area contributed by atoms with E-state index in [2.05, 4.69) is 26.0 Å². The number of benzene rings is 2. The lowest BCUT2D eigenvalue weighted by Gasteiger charge is -2.07. The molecule has 0 bridgehead atoms. The third kappa shape index (κ3) is 5.27. The molecule has 0 aliphatic heterocycles. The zero-order valence-corrected chi connectivity index (χ0v) is 18.3. The minimum atomic E-state index is -0.228. The van der Waals surface area contributed by atoms with E-state index in [1.807, 2.05) is 48.5 Å². The predicted molar refractivity (Wildman–Crippen MR) is 126 cm³/mol. The lowest BCUT2D eigenvalue weighted by Crippen LogP contribution is -2.33. The standard InChI is InChI=1S/C24H24N6O3/c1-16(31)25-13-14-26-23(32)18-5-3-6-19(15-18)27-24-28-22-8-4-7-21(30(22)29-24)17-9-11-20(33-2)12-10-17/h3-12,15H,13-14H2,1-2H3,(H,25,31)(H,26,32)(H,27,29). The van der Waals surface area contributed by atoms with Crippen LogP contribution in [0.4, 0.5) is 11.6 Å². The number of methoxy groups -OCH3 is 1. The van der Waals surface area contributed by atoms with E-state index in [1.165, 1.54) is 6.92 Å². The molecular formula is C24H24N6O3. The highest BCUT2D eigenvalue weighted by Gasteiger charge is 2.11. The van der Waals surface area contributed by atoms with Crippen LogP contribution in [0.1, 0.15) is 17.3 Å². The number of anilines is 2. The molecule has 0 radical (unpaired) electrons.